The molecule has 4 nitrogen and oxygen atoms in total. The summed E-state index contributed by atoms with van der Waals surface area (Å²) in [5, 5.41) is 0. The van der Waals surface area contributed by atoms with Crippen molar-refractivity contribution in [2.75, 3.05) is 13.1 Å². The van der Waals surface area contributed by atoms with Crippen LogP contribution in [0.1, 0.15) is 46.9 Å². The molecule has 112 valence electrons. The Labute approximate surface area is 121 Å². The van der Waals surface area contributed by atoms with Crippen LogP contribution < -0.4 is 0 Å². The van der Waals surface area contributed by atoms with Crippen molar-refractivity contribution in [2.45, 2.75) is 32.4 Å². The molecule has 1 atom stereocenters. The summed E-state index contributed by atoms with van der Waals surface area (Å²) >= 11 is 0. The lowest BCUT2D eigenvalue weighted by molar-refractivity contribution is 0.0304. The van der Waals surface area contributed by atoms with Crippen LogP contribution in [-0.2, 0) is 0 Å². The molecule has 1 aromatic rings. The number of halogens is 2. The third kappa shape index (κ3) is 2.14. The second-order valence-corrected chi connectivity index (χ2v) is 5.49. The monoisotopic (exact) mass is 294 g/mol. The largest absolute Gasteiger partial charge is 0.283 e. The first-order valence-electron chi connectivity index (χ1n) is 7.12. The number of benzene rings is 1. The highest BCUT2D eigenvalue weighted by Crippen LogP contribution is 2.30. The Morgan fingerprint density at radius 3 is 1.90 bits per heavy atom. The molecule has 2 aliphatic heterocycles. The van der Waals surface area contributed by atoms with E-state index in [1.165, 1.54) is 0 Å². The summed E-state index contributed by atoms with van der Waals surface area (Å²) in [7, 11) is 0. The van der Waals surface area contributed by atoms with Crippen molar-refractivity contribution in [3.63, 3.8) is 0 Å². The van der Waals surface area contributed by atoms with Crippen LogP contribution in [0.2, 0.25) is 0 Å². The molecule has 21 heavy (non-hydrogen) atoms. The van der Waals surface area contributed by atoms with Crippen molar-refractivity contribution in [1.29, 1.82) is 0 Å². The number of rotatable bonds is 2. The van der Waals surface area contributed by atoms with Gasteiger partial charge in [-0.25, -0.2) is 8.78 Å². The third-order valence-corrected chi connectivity index (χ3v) is 4.26. The molecule has 2 amide bonds. The van der Waals surface area contributed by atoms with Crippen LogP contribution in [0.4, 0.5) is 8.78 Å². The molecule has 1 aromatic carbocycles. The fourth-order valence-corrected chi connectivity index (χ4v) is 3.10. The predicted octanol–water partition coefficient (Wildman–Crippen LogP) is 2.39. The van der Waals surface area contributed by atoms with Gasteiger partial charge in [0.05, 0.1) is 17.3 Å². The first-order valence-corrected chi connectivity index (χ1v) is 7.12. The fraction of sp³-hybridized carbons (Fsp3) is 0.467. The molecule has 0 aromatic heterocycles. The smallest absolute Gasteiger partial charge is 0.265 e. The van der Waals surface area contributed by atoms with E-state index >= 15 is 0 Å². The SMILES string of the molecule is CC(N1CCCCC1)N1C(=O)c2c(F)ccc(F)c2C1=O. The second-order valence-electron chi connectivity index (χ2n) is 5.49. The van der Waals surface area contributed by atoms with Gasteiger partial charge in [-0.2, -0.15) is 0 Å². The van der Waals surface area contributed by atoms with E-state index in [1.54, 1.807) is 6.92 Å². The molecule has 1 unspecified atom stereocenters. The lowest BCUT2D eigenvalue weighted by Crippen LogP contribution is -2.50. The normalized spacial score (nSPS) is 20.8. The number of fused-ring (bicyclic) bond motifs is 1. The standard InChI is InChI=1S/C15H16F2N2O2/c1-9(18-7-3-2-4-8-18)19-14(20)12-10(16)5-6-11(17)13(12)15(19)21/h5-6,9H,2-4,7-8H2,1H3. The number of piperidine rings is 1. The van der Waals surface area contributed by atoms with Crippen molar-refractivity contribution >= 4 is 11.8 Å². The Bertz CT molecular complexity index is 571. The van der Waals surface area contributed by atoms with E-state index in [1.807, 2.05) is 4.90 Å². The maximum atomic E-state index is 13.8. The maximum absolute atomic E-state index is 13.8. The average Bonchev–Trinajstić information content (AvgIpc) is 2.76. The summed E-state index contributed by atoms with van der Waals surface area (Å²) in [6.07, 6.45) is 2.62. The minimum absolute atomic E-state index is 0.441. The summed E-state index contributed by atoms with van der Waals surface area (Å²) in [6, 6.07) is 1.77. The van der Waals surface area contributed by atoms with Crippen LogP contribution in [0, 0.1) is 11.6 Å². The highest BCUT2D eigenvalue weighted by molar-refractivity contribution is 6.21. The van der Waals surface area contributed by atoms with Gasteiger partial charge < -0.3 is 0 Å². The Morgan fingerprint density at radius 2 is 1.43 bits per heavy atom. The minimum atomic E-state index is -0.849. The molecule has 0 bridgehead atoms. The fourth-order valence-electron chi connectivity index (χ4n) is 3.10. The van der Waals surface area contributed by atoms with Gasteiger partial charge in [0, 0.05) is 13.1 Å². The van der Waals surface area contributed by atoms with Crippen molar-refractivity contribution in [3.8, 4) is 0 Å². The van der Waals surface area contributed by atoms with Crippen LogP contribution in [0.25, 0.3) is 0 Å². The van der Waals surface area contributed by atoms with Gasteiger partial charge in [0.2, 0.25) is 0 Å². The first kappa shape index (κ1) is 14.1. The lowest BCUT2D eigenvalue weighted by Gasteiger charge is -2.36. The lowest BCUT2D eigenvalue weighted by atomic mass is 10.1. The number of carbonyl (C=O) groups is 2. The number of amides is 2. The van der Waals surface area contributed by atoms with E-state index in [2.05, 4.69) is 0 Å². The molecule has 3 rings (SSSR count). The summed E-state index contributed by atoms with van der Waals surface area (Å²) < 4.78 is 27.6. The first-order chi connectivity index (χ1) is 10.0. The molecule has 0 aliphatic carbocycles. The Kier molecular flexibility index (Phi) is 3.49. The van der Waals surface area contributed by atoms with Gasteiger partial charge in [0.25, 0.3) is 11.8 Å². The molecule has 1 saturated heterocycles. The highest BCUT2D eigenvalue weighted by atomic mass is 19.1. The second kappa shape index (κ2) is 5.18. The Hall–Kier alpha value is -1.82. The molecule has 6 heteroatoms. The average molecular weight is 294 g/mol. The number of carbonyl (C=O) groups excluding carboxylic acids is 2. The number of hydrogen-bond donors (Lipinski definition) is 0. The molecule has 0 saturated carbocycles. The summed E-state index contributed by atoms with van der Waals surface area (Å²) in [4.78, 5) is 27.6. The van der Waals surface area contributed by atoms with Gasteiger partial charge in [-0.15, -0.1) is 0 Å². The van der Waals surface area contributed by atoms with E-state index in [0.29, 0.717) is 0 Å². The van der Waals surface area contributed by atoms with Crippen LogP contribution in [0.5, 0.6) is 0 Å². The van der Waals surface area contributed by atoms with Crippen LogP contribution in [0.15, 0.2) is 12.1 Å². The molecule has 2 heterocycles. The minimum Gasteiger partial charge on any atom is -0.283 e. The Balaban J connectivity index is 1.96. The van der Waals surface area contributed by atoms with Crippen molar-refractivity contribution < 1.29 is 18.4 Å². The van der Waals surface area contributed by atoms with Gasteiger partial charge >= 0.3 is 0 Å². The van der Waals surface area contributed by atoms with Gasteiger partial charge in [-0.3, -0.25) is 19.4 Å². The van der Waals surface area contributed by atoms with E-state index in [-0.39, 0.29) is 0 Å². The van der Waals surface area contributed by atoms with E-state index in [0.717, 1.165) is 49.4 Å². The summed E-state index contributed by atoms with van der Waals surface area (Å²) in [5.74, 6) is -3.19. The summed E-state index contributed by atoms with van der Waals surface area (Å²) in [5.41, 5.74) is -0.882. The quantitative estimate of drug-likeness (QED) is 0.786. The van der Waals surface area contributed by atoms with E-state index < -0.39 is 40.7 Å². The van der Waals surface area contributed by atoms with E-state index in [9.17, 15) is 18.4 Å². The molecule has 0 N–H and O–H groups in total. The summed E-state index contributed by atoms with van der Waals surface area (Å²) in [6.45, 7) is 3.28. The number of likely N-dealkylation sites (tertiary alicyclic amines) is 1. The molecular weight excluding hydrogens is 278 g/mol. The van der Waals surface area contributed by atoms with Crippen LogP contribution in [-0.4, -0.2) is 40.9 Å². The van der Waals surface area contributed by atoms with Gasteiger partial charge in [0.15, 0.2) is 0 Å². The molecular formula is C15H16F2N2O2. The molecule has 2 aliphatic rings. The van der Waals surface area contributed by atoms with Crippen LogP contribution in [0.3, 0.4) is 0 Å². The molecule has 0 radical (unpaired) electrons. The van der Waals surface area contributed by atoms with Gasteiger partial charge in [0.1, 0.15) is 11.6 Å². The maximum Gasteiger partial charge on any atom is 0.265 e. The zero-order valence-corrected chi connectivity index (χ0v) is 11.7. The zero-order valence-electron chi connectivity index (χ0n) is 11.7. The number of imide groups is 1. The molecule has 1 fully saturated rings. The third-order valence-electron chi connectivity index (χ3n) is 4.26. The van der Waals surface area contributed by atoms with Gasteiger partial charge in [-0.05, 0) is 31.9 Å². The predicted molar refractivity (Wildman–Crippen MR) is 71.7 cm³/mol. The van der Waals surface area contributed by atoms with Crippen molar-refractivity contribution in [1.82, 2.24) is 9.80 Å². The van der Waals surface area contributed by atoms with Crippen molar-refractivity contribution in [2.24, 2.45) is 0 Å². The van der Waals surface area contributed by atoms with Gasteiger partial charge in [-0.1, -0.05) is 6.42 Å². The number of hydrogen-bond acceptors (Lipinski definition) is 3. The topological polar surface area (TPSA) is 40.6 Å². The number of nitrogens with zero attached hydrogens (tertiary/aromatic N) is 2. The zero-order chi connectivity index (χ0) is 15.1. The Morgan fingerprint density at radius 1 is 0.952 bits per heavy atom. The highest BCUT2D eigenvalue weighted by Gasteiger charge is 2.44. The van der Waals surface area contributed by atoms with E-state index in [4.69, 9.17) is 0 Å². The van der Waals surface area contributed by atoms with Crippen LogP contribution >= 0.6 is 0 Å². The molecule has 0 spiro atoms. The van der Waals surface area contributed by atoms with Crippen molar-refractivity contribution in [3.05, 3.63) is 34.9 Å².